The van der Waals surface area contributed by atoms with E-state index in [1.807, 2.05) is 0 Å². The van der Waals surface area contributed by atoms with E-state index in [0.717, 1.165) is 32.5 Å². The van der Waals surface area contributed by atoms with Crippen LogP contribution in [0.25, 0.3) is 0 Å². The number of hydrogen-bond donors (Lipinski definition) is 1. The molecule has 116 valence electrons. The molecular weight excluding hydrogens is 264 g/mol. The van der Waals surface area contributed by atoms with E-state index in [4.69, 9.17) is 0 Å². The summed E-state index contributed by atoms with van der Waals surface area (Å²) in [4.78, 5) is 13.5. The maximum atomic E-state index is 11.0. The van der Waals surface area contributed by atoms with Crippen molar-refractivity contribution < 1.29 is 9.53 Å². The Morgan fingerprint density at radius 2 is 2.19 bits per heavy atom. The minimum atomic E-state index is -0.118. The van der Waals surface area contributed by atoms with E-state index in [2.05, 4.69) is 45.3 Å². The number of likely N-dealkylation sites (tertiary alicyclic amines) is 1. The van der Waals surface area contributed by atoms with Gasteiger partial charge in [-0.15, -0.1) is 0 Å². The van der Waals surface area contributed by atoms with Gasteiger partial charge >= 0.3 is 5.97 Å². The van der Waals surface area contributed by atoms with E-state index in [-0.39, 0.29) is 5.97 Å². The van der Waals surface area contributed by atoms with Gasteiger partial charge in [0.2, 0.25) is 0 Å². The van der Waals surface area contributed by atoms with E-state index in [1.165, 1.54) is 25.6 Å². The number of rotatable bonds is 8. The van der Waals surface area contributed by atoms with Crippen molar-refractivity contribution in [1.29, 1.82) is 0 Å². The predicted octanol–water partition coefficient (Wildman–Crippen LogP) is 1.85. The highest BCUT2D eigenvalue weighted by Crippen LogP contribution is 2.10. The molecule has 1 aliphatic heterocycles. The highest BCUT2D eigenvalue weighted by Gasteiger charge is 2.21. The predicted molar refractivity (Wildman–Crippen MR) is 84.2 cm³/mol. The van der Waals surface area contributed by atoms with Gasteiger partial charge in [-0.05, 0) is 37.9 Å². The molecule has 1 aromatic rings. The lowest BCUT2D eigenvalue weighted by atomic mass is 10.1. The zero-order chi connectivity index (χ0) is 14.9. The number of carbonyl (C=O) groups is 1. The van der Waals surface area contributed by atoms with Crippen molar-refractivity contribution in [1.82, 2.24) is 10.2 Å². The Morgan fingerprint density at radius 3 is 2.95 bits per heavy atom. The first kappa shape index (κ1) is 16.0. The topological polar surface area (TPSA) is 41.6 Å². The Kier molecular flexibility index (Phi) is 6.70. The Hall–Kier alpha value is -1.39. The molecule has 0 amide bonds. The Bertz CT molecular complexity index is 422. The van der Waals surface area contributed by atoms with Gasteiger partial charge in [0.15, 0.2) is 0 Å². The van der Waals surface area contributed by atoms with Crippen LogP contribution in [-0.4, -0.2) is 50.2 Å². The molecule has 1 N–H and O–H groups in total. The lowest BCUT2D eigenvalue weighted by Crippen LogP contribution is -2.34. The van der Waals surface area contributed by atoms with E-state index in [1.54, 1.807) is 0 Å². The van der Waals surface area contributed by atoms with Crippen LogP contribution < -0.4 is 5.32 Å². The van der Waals surface area contributed by atoms with E-state index in [0.29, 0.717) is 12.5 Å². The molecule has 1 unspecified atom stereocenters. The molecule has 1 atom stereocenters. The smallest absolute Gasteiger partial charge is 0.305 e. The lowest BCUT2D eigenvalue weighted by Gasteiger charge is -2.16. The van der Waals surface area contributed by atoms with Crippen molar-refractivity contribution in [3.8, 4) is 0 Å². The molecule has 1 saturated heterocycles. The van der Waals surface area contributed by atoms with Gasteiger partial charge in [-0.1, -0.05) is 30.3 Å². The summed E-state index contributed by atoms with van der Waals surface area (Å²) in [5, 5.41) is 3.54. The monoisotopic (exact) mass is 290 g/mol. The first-order chi connectivity index (χ1) is 10.3. The fourth-order valence-electron chi connectivity index (χ4n) is 2.78. The fraction of sp³-hybridized carbons (Fsp3) is 0.588. The normalized spacial score (nSPS) is 18.8. The standard InChI is InChI=1S/C17H26N2O2/c1-21-17(20)8-5-11-18-16-10-13-19(14-16)12-9-15-6-3-2-4-7-15/h2-4,6-7,16,18H,5,8-14H2,1H3. The summed E-state index contributed by atoms with van der Waals surface area (Å²) in [5.74, 6) is -0.118. The Balaban J connectivity index is 1.57. The molecule has 0 spiro atoms. The van der Waals surface area contributed by atoms with Crippen molar-refractivity contribution in [3.05, 3.63) is 35.9 Å². The van der Waals surface area contributed by atoms with Crippen LogP contribution in [0, 0.1) is 0 Å². The van der Waals surface area contributed by atoms with E-state index in [9.17, 15) is 4.79 Å². The molecule has 1 aromatic carbocycles. The SMILES string of the molecule is COC(=O)CCCNC1CCN(CCc2ccccc2)C1. The highest BCUT2D eigenvalue weighted by molar-refractivity contribution is 5.69. The Labute approximate surface area is 127 Å². The van der Waals surface area contributed by atoms with Gasteiger partial charge in [0.25, 0.3) is 0 Å². The number of hydrogen-bond acceptors (Lipinski definition) is 4. The van der Waals surface area contributed by atoms with Crippen LogP contribution >= 0.6 is 0 Å². The third-order valence-electron chi connectivity index (χ3n) is 4.05. The maximum absolute atomic E-state index is 11.0. The minimum Gasteiger partial charge on any atom is -0.469 e. The second-order valence-corrected chi connectivity index (χ2v) is 5.66. The van der Waals surface area contributed by atoms with Crippen molar-refractivity contribution >= 4 is 5.97 Å². The number of benzene rings is 1. The van der Waals surface area contributed by atoms with E-state index < -0.39 is 0 Å². The molecule has 1 fully saturated rings. The van der Waals surface area contributed by atoms with Crippen LogP contribution in [0.5, 0.6) is 0 Å². The first-order valence-corrected chi connectivity index (χ1v) is 7.84. The molecule has 0 bridgehead atoms. The molecule has 0 aliphatic carbocycles. The summed E-state index contributed by atoms with van der Waals surface area (Å²) >= 11 is 0. The minimum absolute atomic E-state index is 0.118. The fourth-order valence-corrected chi connectivity index (χ4v) is 2.78. The summed E-state index contributed by atoms with van der Waals surface area (Å²) in [6, 6.07) is 11.2. The van der Waals surface area contributed by atoms with Gasteiger partial charge in [0.05, 0.1) is 7.11 Å². The van der Waals surface area contributed by atoms with Crippen LogP contribution in [0.4, 0.5) is 0 Å². The van der Waals surface area contributed by atoms with Gasteiger partial charge in [-0.2, -0.15) is 0 Å². The van der Waals surface area contributed by atoms with Crippen molar-refractivity contribution in [2.75, 3.05) is 33.3 Å². The van der Waals surface area contributed by atoms with Crippen molar-refractivity contribution in [2.24, 2.45) is 0 Å². The van der Waals surface area contributed by atoms with Crippen molar-refractivity contribution in [3.63, 3.8) is 0 Å². The molecule has 1 aliphatic rings. The molecule has 4 heteroatoms. The summed E-state index contributed by atoms with van der Waals surface area (Å²) in [6.07, 6.45) is 3.68. The summed E-state index contributed by atoms with van der Waals surface area (Å²) in [5.41, 5.74) is 1.41. The molecule has 2 rings (SSSR count). The highest BCUT2D eigenvalue weighted by atomic mass is 16.5. The van der Waals surface area contributed by atoms with Crippen LogP contribution in [0.15, 0.2) is 30.3 Å². The van der Waals surface area contributed by atoms with E-state index >= 15 is 0 Å². The maximum Gasteiger partial charge on any atom is 0.305 e. The van der Waals surface area contributed by atoms with Gasteiger partial charge in [-0.25, -0.2) is 0 Å². The summed E-state index contributed by atoms with van der Waals surface area (Å²) < 4.78 is 4.64. The van der Waals surface area contributed by atoms with Crippen LogP contribution in [0.1, 0.15) is 24.8 Å². The number of methoxy groups -OCH3 is 1. The second kappa shape index (κ2) is 8.80. The number of nitrogens with one attached hydrogen (secondary N) is 1. The van der Waals surface area contributed by atoms with Gasteiger partial charge in [-0.3, -0.25) is 4.79 Å². The molecule has 0 aromatic heterocycles. The van der Waals surface area contributed by atoms with Crippen LogP contribution in [-0.2, 0) is 16.0 Å². The number of nitrogens with zero attached hydrogens (tertiary/aromatic N) is 1. The zero-order valence-corrected chi connectivity index (χ0v) is 12.9. The molecule has 21 heavy (non-hydrogen) atoms. The molecular formula is C17H26N2O2. The third kappa shape index (κ3) is 5.86. The first-order valence-electron chi connectivity index (χ1n) is 7.84. The quantitative estimate of drug-likeness (QED) is 0.586. The zero-order valence-electron chi connectivity index (χ0n) is 12.9. The van der Waals surface area contributed by atoms with Gasteiger partial charge in [0.1, 0.15) is 0 Å². The molecule has 0 saturated carbocycles. The Morgan fingerprint density at radius 1 is 1.38 bits per heavy atom. The molecule has 1 heterocycles. The van der Waals surface area contributed by atoms with Crippen LogP contribution in [0.3, 0.4) is 0 Å². The lowest BCUT2D eigenvalue weighted by molar-refractivity contribution is -0.140. The van der Waals surface area contributed by atoms with Crippen molar-refractivity contribution in [2.45, 2.75) is 31.7 Å². The molecule has 0 radical (unpaired) electrons. The second-order valence-electron chi connectivity index (χ2n) is 5.66. The number of carbonyl (C=O) groups excluding carboxylic acids is 1. The average molecular weight is 290 g/mol. The number of esters is 1. The molecule has 4 nitrogen and oxygen atoms in total. The van der Waals surface area contributed by atoms with Crippen LogP contribution in [0.2, 0.25) is 0 Å². The van der Waals surface area contributed by atoms with Gasteiger partial charge in [0, 0.05) is 25.6 Å². The number of ether oxygens (including phenoxy) is 1. The average Bonchev–Trinajstić information content (AvgIpc) is 2.98. The largest absolute Gasteiger partial charge is 0.469 e. The van der Waals surface area contributed by atoms with Gasteiger partial charge < -0.3 is 15.0 Å². The summed E-state index contributed by atoms with van der Waals surface area (Å²) in [6.45, 7) is 4.31. The third-order valence-corrected chi connectivity index (χ3v) is 4.05. The summed E-state index contributed by atoms with van der Waals surface area (Å²) in [7, 11) is 1.44.